The predicted octanol–water partition coefficient (Wildman–Crippen LogP) is 5.61. The SMILES string of the molecule is CC1(S(=O)(=O)NC(=O)[C@]23CC(=O)[C@@H]4C[C@@H](Oc5nc6ccccc6c6ccc(F)cc56)CN4C(=O)[C@@H](NC(=O)c4cncs4)CCCCC/C=C\[C@@H]2C3)CC1. The van der Waals surface area contributed by atoms with Crippen LogP contribution in [0.4, 0.5) is 4.39 Å². The maximum absolute atomic E-state index is 14.7. The molecule has 15 heteroatoms. The second-order valence-corrected chi connectivity index (χ2v) is 18.6. The van der Waals surface area contributed by atoms with Gasteiger partial charge in [0.15, 0.2) is 5.78 Å². The number of halogens is 1. The Kier molecular flexibility index (Phi) is 9.73. The second kappa shape index (κ2) is 14.4. The lowest BCUT2D eigenvalue weighted by Gasteiger charge is -2.29. The molecule has 8 rings (SSSR count). The number of sulfonamides is 1. The molecule has 0 spiro atoms. The molecule has 3 fully saturated rings. The van der Waals surface area contributed by atoms with Gasteiger partial charge in [-0.15, -0.1) is 11.3 Å². The van der Waals surface area contributed by atoms with Crippen molar-refractivity contribution in [3.05, 3.63) is 77.0 Å². The lowest BCUT2D eigenvalue weighted by molar-refractivity contribution is -0.140. The lowest BCUT2D eigenvalue weighted by Crippen LogP contribution is -2.52. The fraction of sp³-hybridized carbons (Fsp3) is 0.450. The molecule has 0 radical (unpaired) electrons. The number of carbonyl (C=O) groups excluding carboxylic acids is 4. The van der Waals surface area contributed by atoms with Gasteiger partial charge >= 0.3 is 0 Å². The number of nitrogens with zero attached hydrogens (tertiary/aromatic N) is 3. The molecule has 4 aromatic rings. The number of allylic oxidation sites excluding steroid dienone is 2. The van der Waals surface area contributed by atoms with E-state index in [-0.39, 0.29) is 31.2 Å². The van der Waals surface area contributed by atoms with Gasteiger partial charge in [-0.05, 0) is 75.0 Å². The number of amides is 3. The van der Waals surface area contributed by atoms with Crippen LogP contribution < -0.4 is 14.8 Å². The van der Waals surface area contributed by atoms with Gasteiger partial charge in [0.1, 0.15) is 22.8 Å². The van der Waals surface area contributed by atoms with Crippen molar-refractivity contribution in [3.8, 4) is 5.88 Å². The molecule has 5 atom stereocenters. The normalized spacial score (nSPS) is 27.3. The van der Waals surface area contributed by atoms with Crippen LogP contribution in [0.15, 0.2) is 66.3 Å². The number of carbonyl (C=O) groups is 4. The number of thiazole rings is 1. The molecule has 2 aromatic carbocycles. The summed E-state index contributed by atoms with van der Waals surface area (Å²) in [6.45, 7) is 1.56. The Bertz CT molecular complexity index is 2330. The van der Waals surface area contributed by atoms with E-state index in [0.717, 1.165) is 35.0 Å². The number of hydrogen-bond donors (Lipinski definition) is 2. The van der Waals surface area contributed by atoms with Gasteiger partial charge in [-0.3, -0.25) is 28.9 Å². The van der Waals surface area contributed by atoms with Crippen LogP contribution in [0.5, 0.6) is 5.88 Å². The Labute approximate surface area is 322 Å². The number of rotatable bonds is 7. The summed E-state index contributed by atoms with van der Waals surface area (Å²) in [6, 6.07) is 9.77. The molecule has 1 saturated heterocycles. The molecule has 3 amide bonds. The molecule has 0 bridgehead atoms. The number of ketones is 1. The van der Waals surface area contributed by atoms with Gasteiger partial charge in [-0.25, -0.2) is 17.8 Å². The van der Waals surface area contributed by atoms with Gasteiger partial charge in [-0.2, -0.15) is 0 Å². The summed E-state index contributed by atoms with van der Waals surface area (Å²) in [5.41, 5.74) is 0.854. The van der Waals surface area contributed by atoms with Crippen molar-refractivity contribution < 1.29 is 36.7 Å². The third-order valence-electron chi connectivity index (χ3n) is 11.7. The molecule has 2 saturated carbocycles. The molecule has 2 aromatic heterocycles. The highest BCUT2D eigenvalue weighted by atomic mass is 32.2. The molecule has 2 N–H and O–H groups in total. The zero-order valence-corrected chi connectivity index (χ0v) is 32.0. The standard InChI is InChI=1S/C40H42FN5O7S2/c1-39(15-16-39)55(51,52)45-38(50)40-19-24(40)9-5-3-2-4-6-12-31(43-35(48)34-21-42-23-54-34)37(49)46-22-26(18-32(46)33(47)20-40)53-36-29-17-25(41)13-14-27(29)28-10-7-8-11-30(28)44-36/h5,7-11,13-14,17,21,23-24,26,31-32H,2-4,6,12,15-16,18-20,22H2,1H3,(H,43,48)(H,45,50)/b9-5-/t24-,26-,31+,32+,40-/m1/s1. The highest BCUT2D eigenvalue weighted by molar-refractivity contribution is 7.91. The fourth-order valence-electron chi connectivity index (χ4n) is 7.99. The smallest absolute Gasteiger partial charge is 0.263 e. The molecule has 288 valence electrons. The van der Waals surface area contributed by atoms with Crippen LogP contribution in [0.3, 0.4) is 0 Å². The third-order valence-corrected chi connectivity index (χ3v) is 14.7. The van der Waals surface area contributed by atoms with Gasteiger partial charge in [0.25, 0.3) is 5.91 Å². The van der Waals surface area contributed by atoms with Crippen molar-refractivity contribution in [2.24, 2.45) is 11.3 Å². The average molecular weight is 788 g/mol. The van der Waals surface area contributed by atoms with Crippen LogP contribution >= 0.6 is 11.3 Å². The van der Waals surface area contributed by atoms with Crippen LogP contribution in [0, 0.1) is 17.2 Å². The average Bonchev–Trinajstić information content (AvgIpc) is 3.91. The van der Waals surface area contributed by atoms with Crippen LogP contribution in [-0.2, 0) is 24.4 Å². The molecular formula is C40H42FN5O7S2. The lowest BCUT2D eigenvalue weighted by atomic mass is 9.91. The number of hydrogen-bond acceptors (Lipinski definition) is 10. The maximum Gasteiger partial charge on any atom is 0.263 e. The molecule has 2 aliphatic heterocycles. The first-order valence-electron chi connectivity index (χ1n) is 18.8. The zero-order valence-electron chi connectivity index (χ0n) is 30.3. The molecule has 12 nitrogen and oxygen atoms in total. The molecule has 2 aliphatic carbocycles. The molecular weight excluding hydrogens is 746 g/mol. The quantitative estimate of drug-likeness (QED) is 0.179. The Hall–Kier alpha value is -4.76. The van der Waals surface area contributed by atoms with E-state index in [9.17, 15) is 32.0 Å². The highest BCUT2D eigenvalue weighted by Crippen LogP contribution is 2.57. The van der Waals surface area contributed by atoms with Gasteiger partial charge in [-0.1, -0.05) is 49.3 Å². The van der Waals surface area contributed by atoms with Gasteiger partial charge < -0.3 is 15.0 Å². The number of fused-ring (bicyclic) bond motifs is 5. The second-order valence-electron chi connectivity index (χ2n) is 15.6. The van der Waals surface area contributed by atoms with E-state index >= 15 is 0 Å². The minimum atomic E-state index is -3.97. The summed E-state index contributed by atoms with van der Waals surface area (Å²) in [5, 5.41) is 4.85. The Morgan fingerprint density at radius 2 is 1.87 bits per heavy atom. The van der Waals surface area contributed by atoms with Gasteiger partial charge in [0.2, 0.25) is 27.7 Å². The van der Waals surface area contributed by atoms with E-state index < -0.39 is 67.7 Å². The van der Waals surface area contributed by atoms with E-state index in [2.05, 4.69) is 15.0 Å². The summed E-state index contributed by atoms with van der Waals surface area (Å²) in [6.07, 6.45) is 8.73. The zero-order chi connectivity index (χ0) is 38.5. The highest BCUT2D eigenvalue weighted by Gasteiger charge is 2.62. The topological polar surface area (TPSA) is 165 Å². The number of pyridine rings is 1. The Morgan fingerprint density at radius 3 is 2.65 bits per heavy atom. The van der Waals surface area contributed by atoms with E-state index in [1.165, 1.54) is 28.7 Å². The van der Waals surface area contributed by atoms with Gasteiger partial charge in [0, 0.05) is 23.6 Å². The van der Waals surface area contributed by atoms with Crippen LogP contribution in [-0.4, -0.2) is 76.3 Å². The number of Topliss-reactive ketones (excluding diaryl/α,β-unsaturated/α-hetero) is 1. The molecule has 4 aliphatic rings. The van der Waals surface area contributed by atoms with Crippen LogP contribution in [0.1, 0.15) is 80.8 Å². The van der Waals surface area contributed by atoms with Crippen LogP contribution in [0.2, 0.25) is 0 Å². The number of nitrogens with one attached hydrogen (secondary N) is 2. The first-order valence-corrected chi connectivity index (χ1v) is 21.1. The molecule has 0 unspecified atom stereocenters. The van der Waals surface area contributed by atoms with Gasteiger partial charge in [0.05, 0.1) is 40.0 Å². The van der Waals surface area contributed by atoms with E-state index in [0.29, 0.717) is 54.3 Å². The molecule has 55 heavy (non-hydrogen) atoms. The summed E-state index contributed by atoms with van der Waals surface area (Å²) >= 11 is 1.15. The summed E-state index contributed by atoms with van der Waals surface area (Å²) < 4.78 is 48.8. The number of ether oxygens (including phenoxy) is 1. The van der Waals surface area contributed by atoms with Crippen LogP contribution in [0.25, 0.3) is 21.7 Å². The Balaban J connectivity index is 1.13. The largest absolute Gasteiger partial charge is 0.472 e. The van der Waals surface area contributed by atoms with E-state index in [1.807, 2.05) is 36.4 Å². The van der Waals surface area contributed by atoms with Crippen molar-refractivity contribution in [2.45, 2.75) is 94.1 Å². The number of para-hydroxylation sites is 1. The Morgan fingerprint density at radius 1 is 1.05 bits per heavy atom. The first kappa shape index (κ1) is 37.2. The number of benzene rings is 2. The summed E-state index contributed by atoms with van der Waals surface area (Å²) in [4.78, 5) is 66.9. The summed E-state index contributed by atoms with van der Waals surface area (Å²) in [7, 11) is -3.97. The monoisotopic (exact) mass is 787 g/mol. The predicted molar refractivity (Wildman–Crippen MR) is 204 cm³/mol. The first-order chi connectivity index (χ1) is 26.4. The van der Waals surface area contributed by atoms with Crippen molar-refractivity contribution in [3.63, 3.8) is 0 Å². The minimum Gasteiger partial charge on any atom is -0.472 e. The fourth-order valence-corrected chi connectivity index (χ4v) is 9.85. The summed E-state index contributed by atoms with van der Waals surface area (Å²) in [5.74, 6) is -2.72. The third kappa shape index (κ3) is 7.23. The van der Waals surface area contributed by atoms with Crippen molar-refractivity contribution in [1.29, 1.82) is 0 Å². The van der Waals surface area contributed by atoms with E-state index in [1.54, 1.807) is 13.0 Å². The van der Waals surface area contributed by atoms with Crippen molar-refractivity contribution in [2.75, 3.05) is 6.54 Å². The van der Waals surface area contributed by atoms with Crippen molar-refractivity contribution in [1.82, 2.24) is 24.9 Å². The maximum atomic E-state index is 14.7. The minimum absolute atomic E-state index is 0.0389. The molecule has 4 heterocycles. The van der Waals surface area contributed by atoms with Crippen molar-refractivity contribution >= 4 is 66.5 Å². The number of aromatic nitrogens is 2. The van der Waals surface area contributed by atoms with E-state index in [4.69, 9.17) is 9.72 Å².